The number of thiophene rings is 1. The Kier molecular flexibility index (Phi) is 4.33. The lowest BCUT2D eigenvalue weighted by molar-refractivity contribution is 0.0706. The highest BCUT2D eigenvalue weighted by Crippen LogP contribution is 2.34. The van der Waals surface area contributed by atoms with Crippen molar-refractivity contribution in [1.82, 2.24) is 5.48 Å². The third-order valence-corrected chi connectivity index (χ3v) is 4.87. The molecule has 112 valence electrons. The minimum Gasteiger partial charge on any atom is -0.330 e. The van der Waals surface area contributed by atoms with Gasteiger partial charge in [-0.2, -0.15) is 0 Å². The van der Waals surface area contributed by atoms with Gasteiger partial charge < -0.3 is 4.72 Å². The largest absolute Gasteiger partial charge is 0.330 e. The van der Waals surface area contributed by atoms with E-state index in [1.807, 2.05) is 24.5 Å². The third-order valence-electron chi connectivity index (χ3n) is 3.27. The molecule has 0 saturated carbocycles. The van der Waals surface area contributed by atoms with Gasteiger partial charge >= 0.3 is 0 Å². The number of carbonyl (C=O) groups excluding carboxylic acids is 1. The van der Waals surface area contributed by atoms with Crippen LogP contribution in [0, 0.1) is 0 Å². The number of nitrogens with one attached hydrogen (secondary N) is 2. The molecule has 0 aliphatic heterocycles. The first kappa shape index (κ1) is 14.9. The van der Waals surface area contributed by atoms with Crippen LogP contribution in [0.3, 0.4) is 0 Å². The molecule has 1 heterocycles. The van der Waals surface area contributed by atoms with Crippen molar-refractivity contribution in [1.29, 1.82) is 0 Å². The molecule has 0 aliphatic rings. The lowest BCUT2D eigenvalue weighted by atomic mass is 10.1. The van der Waals surface area contributed by atoms with Gasteiger partial charge in [-0.1, -0.05) is 24.1 Å². The SMILES string of the molecule is CSNc1ccc(-c2cc3cc(C(=O)NO)ccc3s2)cc1. The summed E-state index contributed by atoms with van der Waals surface area (Å²) in [7, 11) is 0. The topological polar surface area (TPSA) is 61.4 Å². The molecule has 4 nitrogen and oxygen atoms in total. The maximum absolute atomic E-state index is 11.5. The van der Waals surface area contributed by atoms with Gasteiger partial charge in [0, 0.05) is 27.1 Å². The molecule has 2 aromatic carbocycles. The number of hydroxylamine groups is 1. The van der Waals surface area contributed by atoms with Crippen LogP contribution in [0.1, 0.15) is 10.4 Å². The molecule has 22 heavy (non-hydrogen) atoms. The second-order valence-electron chi connectivity index (χ2n) is 4.69. The van der Waals surface area contributed by atoms with Gasteiger partial charge in [-0.3, -0.25) is 10.0 Å². The molecular formula is C16H14N2O2S2. The van der Waals surface area contributed by atoms with Gasteiger partial charge in [0.25, 0.3) is 5.91 Å². The van der Waals surface area contributed by atoms with Gasteiger partial charge in [0.15, 0.2) is 0 Å². The summed E-state index contributed by atoms with van der Waals surface area (Å²) in [6.45, 7) is 0. The average molecular weight is 330 g/mol. The number of benzene rings is 2. The fourth-order valence-corrected chi connectivity index (χ4v) is 3.63. The van der Waals surface area contributed by atoms with E-state index in [2.05, 4.69) is 22.9 Å². The Hall–Kier alpha value is -2.02. The van der Waals surface area contributed by atoms with Gasteiger partial charge in [0.1, 0.15) is 0 Å². The maximum Gasteiger partial charge on any atom is 0.274 e. The van der Waals surface area contributed by atoms with E-state index < -0.39 is 5.91 Å². The van der Waals surface area contributed by atoms with Gasteiger partial charge in [-0.05, 0) is 47.3 Å². The van der Waals surface area contributed by atoms with E-state index in [-0.39, 0.29) is 0 Å². The quantitative estimate of drug-likeness (QED) is 0.377. The van der Waals surface area contributed by atoms with Crippen LogP contribution < -0.4 is 10.2 Å². The summed E-state index contributed by atoms with van der Waals surface area (Å²) in [5.74, 6) is -0.498. The van der Waals surface area contributed by atoms with Crippen LogP contribution in [-0.2, 0) is 0 Å². The Morgan fingerprint density at radius 3 is 2.59 bits per heavy atom. The van der Waals surface area contributed by atoms with E-state index in [1.165, 1.54) is 0 Å². The Balaban J connectivity index is 1.95. The average Bonchev–Trinajstić information content (AvgIpc) is 2.98. The third kappa shape index (κ3) is 2.94. The van der Waals surface area contributed by atoms with Crippen LogP contribution in [-0.4, -0.2) is 17.4 Å². The van der Waals surface area contributed by atoms with Gasteiger partial charge in [0.05, 0.1) is 0 Å². The Morgan fingerprint density at radius 1 is 1.14 bits per heavy atom. The van der Waals surface area contributed by atoms with Crippen LogP contribution in [0.15, 0.2) is 48.5 Å². The first-order valence-corrected chi connectivity index (χ1v) is 8.63. The van der Waals surface area contributed by atoms with Crippen LogP contribution in [0.25, 0.3) is 20.5 Å². The Morgan fingerprint density at radius 2 is 1.91 bits per heavy atom. The first-order valence-electron chi connectivity index (χ1n) is 6.59. The molecule has 0 unspecified atom stereocenters. The molecule has 3 N–H and O–H groups in total. The van der Waals surface area contributed by atoms with Crippen LogP contribution >= 0.6 is 23.3 Å². The molecule has 0 bridgehead atoms. The smallest absolute Gasteiger partial charge is 0.274 e. The highest BCUT2D eigenvalue weighted by Gasteiger charge is 2.08. The molecule has 0 radical (unpaired) electrons. The van der Waals surface area contributed by atoms with E-state index in [9.17, 15) is 4.79 Å². The molecular weight excluding hydrogens is 316 g/mol. The predicted octanol–water partition coefficient (Wildman–Crippen LogP) is 4.38. The number of amides is 1. The standard InChI is InChI=1S/C16H14N2O2S2/c1-21-18-13-5-2-10(3-6-13)15-9-12-8-11(16(19)17-20)4-7-14(12)22-15/h2-9,18,20H,1H3,(H,17,19). The molecule has 3 aromatic rings. The van der Waals surface area contributed by atoms with Crippen molar-refractivity contribution in [3.63, 3.8) is 0 Å². The number of hydrogen-bond donors (Lipinski definition) is 3. The maximum atomic E-state index is 11.5. The molecule has 0 fully saturated rings. The fourth-order valence-electron chi connectivity index (χ4n) is 2.21. The van der Waals surface area contributed by atoms with Crippen molar-refractivity contribution in [3.8, 4) is 10.4 Å². The minimum atomic E-state index is -0.498. The lowest BCUT2D eigenvalue weighted by Gasteiger charge is -2.02. The van der Waals surface area contributed by atoms with Crippen molar-refractivity contribution < 1.29 is 10.0 Å². The zero-order chi connectivity index (χ0) is 15.5. The van der Waals surface area contributed by atoms with Crippen LogP contribution in [0.5, 0.6) is 0 Å². The molecule has 0 saturated heterocycles. The van der Waals surface area contributed by atoms with E-state index in [4.69, 9.17) is 5.21 Å². The summed E-state index contributed by atoms with van der Waals surface area (Å²) < 4.78 is 4.30. The van der Waals surface area contributed by atoms with Crippen LogP contribution in [0.2, 0.25) is 0 Å². The summed E-state index contributed by atoms with van der Waals surface area (Å²) in [5.41, 5.74) is 4.31. The normalized spacial score (nSPS) is 10.6. The molecule has 6 heteroatoms. The number of fused-ring (bicyclic) bond motifs is 1. The Bertz CT molecular complexity index is 813. The van der Waals surface area contributed by atoms with Crippen molar-refractivity contribution in [3.05, 3.63) is 54.1 Å². The molecule has 1 aromatic heterocycles. The monoisotopic (exact) mass is 330 g/mol. The minimum absolute atomic E-state index is 0.443. The fraction of sp³-hybridized carbons (Fsp3) is 0.0625. The zero-order valence-corrected chi connectivity index (χ0v) is 13.4. The van der Waals surface area contributed by atoms with E-state index in [1.54, 1.807) is 40.9 Å². The van der Waals surface area contributed by atoms with Gasteiger partial charge in [-0.25, -0.2) is 5.48 Å². The number of rotatable bonds is 4. The van der Waals surface area contributed by atoms with Crippen molar-refractivity contribution in [2.24, 2.45) is 0 Å². The number of anilines is 1. The first-order chi connectivity index (χ1) is 10.7. The molecule has 3 rings (SSSR count). The summed E-state index contributed by atoms with van der Waals surface area (Å²) in [6, 6.07) is 15.7. The van der Waals surface area contributed by atoms with Crippen molar-refractivity contribution in [2.75, 3.05) is 11.0 Å². The summed E-state index contributed by atoms with van der Waals surface area (Å²) in [4.78, 5) is 12.6. The highest BCUT2D eigenvalue weighted by molar-refractivity contribution is 7.99. The van der Waals surface area contributed by atoms with Gasteiger partial charge in [-0.15, -0.1) is 11.3 Å². The lowest BCUT2D eigenvalue weighted by Crippen LogP contribution is -2.18. The van der Waals surface area contributed by atoms with E-state index in [0.29, 0.717) is 5.56 Å². The van der Waals surface area contributed by atoms with Gasteiger partial charge in [0.2, 0.25) is 0 Å². The Labute approximate surface area is 136 Å². The van der Waals surface area contributed by atoms with Crippen molar-refractivity contribution in [2.45, 2.75) is 0 Å². The molecule has 0 spiro atoms. The van der Waals surface area contributed by atoms with Crippen molar-refractivity contribution >= 4 is 45.0 Å². The van der Waals surface area contributed by atoms with E-state index >= 15 is 0 Å². The summed E-state index contributed by atoms with van der Waals surface area (Å²) in [5, 5.41) is 9.70. The highest BCUT2D eigenvalue weighted by atomic mass is 32.2. The zero-order valence-electron chi connectivity index (χ0n) is 11.8. The van der Waals surface area contributed by atoms with E-state index in [0.717, 1.165) is 26.2 Å². The molecule has 0 aliphatic carbocycles. The predicted molar refractivity (Wildman–Crippen MR) is 93.7 cm³/mol. The van der Waals surface area contributed by atoms with Crippen LogP contribution in [0.4, 0.5) is 5.69 Å². The molecule has 1 amide bonds. The summed E-state index contributed by atoms with van der Waals surface area (Å²) in [6.07, 6.45) is 1.99. The number of hydrogen-bond acceptors (Lipinski definition) is 5. The summed E-state index contributed by atoms with van der Waals surface area (Å²) >= 11 is 3.24. The second-order valence-corrected chi connectivity index (χ2v) is 6.38. The number of carbonyl (C=O) groups is 1. The molecule has 0 atom stereocenters. The second kappa shape index (κ2) is 6.39.